The van der Waals surface area contributed by atoms with Crippen LogP contribution < -0.4 is 9.47 Å². The van der Waals surface area contributed by atoms with Gasteiger partial charge in [-0.15, -0.1) is 0 Å². The van der Waals surface area contributed by atoms with Gasteiger partial charge in [0, 0.05) is 31.7 Å². The summed E-state index contributed by atoms with van der Waals surface area (Å²) in [6, 6.07) is 6.44. The average molecular weight is 378 g/mol. The maximum atomic E-state index is 12.9. The van der Waals surface area contributed by atoms with Crippen LogP contribution in [-0.2, 0) is 11.2 Å². The molecule has 0 bridgehead atoms. The summed E-state index contributed by atoms with van der Waals surface area (Å²) >= 11 is 0. The van der Waals surface area contributed by atoms with Gasteiger partial charge in [0.15, 0.2) is 11.5 Å². The fourth-order valence-electron chi connectivity index (χ4n) is 3.85. The second kappa shape index (κ2) is 9.95. The van der Waals surface area contributed by atoms with E-state index in [-0.39, 0.29) is 5.91 Å². The van der Waals surface area contributed by atoms with E-state index in [0.29, 0.717) is 30.0 Å². The second-order valence-electron chi connectivity index (χ2n) is 7.76. The minimum atomic E-state index is 0.175. The van der Waals surface area contributed by atoms with Crippen molar-refractivity contribution in [3.05, 3.63) is 23.8 Å². The Balaban J connectivity index is 1.94. The summed E-state index contributed by atoms with van der Waals surface area (Å²) < 4.78 is 10.6. The van der Waals surface area contributed by atoms with Crippen molar-refractivity contribution in [2.45, 2.75) is 38.8 Å². The molecule has 0 radical (unpaired) electrons. The standard InChI is InChI=1S/C21H35N3O3/c1-16-14-23(15-17(2)24(16)11-7-10-22(3)4)21(25)13-18-8-9-19(26-5)20(12-18)27-6/h8-9,12,16-17H,7,10-11,13-15H2,1-6H3. The van der Waals surface area contributed by atoms with E-state index >= 15 is 0 Å². The summed E-state index contributed by atoms with van der Waals surface area (Å²) in [6.45, 7) is 8.21. The Bertz CT molecular complexity index is 609. The number of rotatable bonds is 8. The van der Waals surface area contributed by atoms with Crippen LogP contribution in [0.15, 0.2) is 18.2 Å². The molecule has 2 rings (SSSR count). The number of piperazine rings is 1. The quantitative estimate of drug-likeness (QED) is 0.694. The normalized spacial score (nSPS) is 20.8. The molecule has 2 unspecified atom stereocenters. The number of ether oxygens (including phenoxy) is 2. The molecular formula is C21H35N3O3. The molecule has 1 heterocycles. The molecule has 1 aliphatic heterocycles. The van der Waals surface area contributed by atoms with Crippen molar-refractivity contribution in [1.29, 1.82) is 0 Å². The maximum absolute atomic E-state index is 12.9. The van der Waals surface area contributed by atoms with Crippen LogP contribution in [0, 0.1) is 0 Å². The molecule has 1 fully saturated rings. The molecule has 152 valence electrons. The zero-order valence-electron chi connectivity index (χ0n) is 17.7. The number of hydrogen-bond acceptors (Lipinski definition) is 5. The summed E-state index contributed by atoms with van der Waals surface area (Å²) in [7, 11) is 7.45. The Morgan fingerprint density at radius 1 is 1.11 bits per heavy atom. The monoisotopic (exact) mass is 377 g/mol. The lowest BCUT2D eigenvalue weighted by atomic mass is 10.1. The molecular weight excluding hydrogens is 342 g/mol. The fraction of sp³-hybridized carbons (Fsp3) is 0.667. The van der Waals surface area contributed by atoms with Gasteiger partial charge in [-0.2, -0.15) is 0 Å². The number of benzene rings is 1. The van der Waals surface area contributed by atoms with Crippen LogP contribution in [0.4, 0.5) is 0 Å². The van der Waals surface area contributed by atoms with Gasteiger partial charge in [0.25, 0.3) is 0 Å². The van der Waals surface area contributed by atoms with Gasteiger partial charge in [-0.25, -0.2) is 0 Å². The van der Waals surface area contributed by atoms with Crippen LogP contribution in [0.5, 0.6) is 11.5 Å². The van der Waals surface area contributed by atoms with E-state index in [2.05, 4.69) is 37.7 Å². The fourth-order valence-corrected chi connectivity index (χ4v) is 3.85. The predicted octanol–water partition coefficient (Wildman–Crippen LogP) is 2.12. The third kappa shape index (κ3) is 5.84. The van der Waals surface area contributed by atoms with Gasteiger partial charge >= 0.3 is 0 Å². The second-order valence-corrected chi connectivity index (χ2v) is 7.76. The molecule has 0 aliphatic carbocycles. The van der Waals surface area contributed by atoms with E-state index in [0.717, 1.165) is 38.2 Å². The Morgan fingerprint density at radius 3 is 2.30 bits per heavy atom. The van der Waals surface area contributed by atoms with Crippen LogP contribution in [0.1, 0.15) is 25.8 Å². The SMILES string of the molecule is COc1ccc(CC(=O)N2CC(C)N(CCCN(C)C)C(C)C2)cc1OC. The molecule has 6 heteroatoms. The van der Waals surface area contributed by atoms with Crippen molar-refractivity contribution in [2.75, 3.05) is 54.5 Å². The molecule has 6 nitrogen and oxygen atoms in total. The minimum Gasteiger partial charge on any atom is -0.493 e. The van der Waals surface area contributed by atoms with Crippen molar-refractivity contribution < 1.29 is 14.3 Å². The van der Waals surface area contributed by atoms with Gasteiger partial charge in [0.2, 0.25) is 5.91 Å². The summed E-state index contributed by atoms with van der Waals surface area (Å²) in [5, 5.41) is 0. The zero-order chi connectivity index (χ0) is 20.0. The number of amides is 1. The summed E-state index contributed by atoms with van der Waals surface area (Å²) in [6.07, 6.45) is 1.54. The van der Waals surface area contributed by atoms with Crippen molar-refractivity contribution in [3.63, 3.8) is 0 Å². The highest BCUT2D eigenvalue weighted by atomic mass is 16.5. The zero-order valence-corrected chi connectivity index (χ0v) is 17.7. The Morgan fingerprint density at radius 2 is 1.74 bits per heavy atom. The number of hydrogen-bond donors (Lipinski definition) is 0. The largest absolute Gasteiger partial charge is 0.493 e. The number of carbonyl (C=O) groups is 1. The molecule has 27 heavy (non-hydrogen) atoms. The molecule has 1 amide bonds. The molecule has 0 aromatic heterocycles. The highest BCUT2D eigenvalue weighted by molar-refractivity contribution is 5.79. The molecule has 0 N–H and O–H groups in total. The smallest absolute Gasteiger partial charge is 0.227 e. The first-order valence-electron chi connectivity index (χ1n) is 9.74. The van der Waals surface area contributed by atoms with Gasteiger partial charge < -0.3 is 19.3 Å². The Hall–Kier alpha value is -1.79. The van der Waals surface area contributed by atoms with Crippen molar-refractivity contribution in [3.8, 4) is 11.5 Å². The molecule has 2 atom stereocenters. The molecule has 1 saturated heterocycles. The lowest BCUT2D eigenvalue weighted by molar-refractivity contribution is -0.134. The Labute approximate surface area is 164 Å². The minimum absolute atomic E-state index is 0.175. The van der Waals surface area contributed by atoms with Crippen LogP contribution in [0.2, 0.25) is 0 Å². The summed E-state index contributed by atoms with van der Waals surface area (Å²) in [5.74, 6) is 1.52. The molecule has 1 aliphatic rings. The predicted molar refractivity (Wildman–Crippen MR) is 109 cm³/mol. The third-order valence-corrected chi connectivity index (χ3v) is 5.28. The van der Waals surface area contributed by atoms with Crippen molar-refractivity contribution >= 4 is 5.91 Å². The molecule has 1 aromatic rings. The maximum Gasteiger partial charge on any atom is 0.227 e. The highest BCUT2D eigenvalue weighted by Crippen LogP contribution is 2.28. The van der Waals surface area contributed by atoms with Crippen molar-refractivity contribution in [2.24, 2.45) is 0 Å². The molecule has 1 aromatic carbocycles. The van der Waals surface area contributed by atoms with Crippen LogP contribution in [0.3, 0.4) is 0 Å². The Kier molecular flexibility index (Phi) is 7.92. The van der Waals surface area contributed by atoms with E-state index in [4.69, 9.17) is 9.47 Å². The summed E-state index contributed by atoms with van der Waals surface area (Å²) in [5.41, 5.74) is 0.950. The van der Waals surface area contributed by atoms with Gasteiger partial charge in [0.1, 0.15) is 0 Å². The molecule has 0 spiro atoms. The average Bonchev–Trinajstić information content (AvgIpc) is 2.63. The van der Waals surface area contributed by atoms with Crippen LogP contribution in [-0.4, -0.2) is 87.2 Å². The number of carbonyl (C=O) groups excluding carboxylic acids is 1. The van der Waals surface area contributed by atoms with E-state index < -0.39 is 0 Å². The van der Waals surface area contributed by atoms with E-state index in [9.17, 15) is 4.79 Å². The lowest BCUT2D eigenvalue weighted by Crippen LogP contribution is -2.58. The first-order valence-corrected chi connectivity index (χ1v) is 9.74. The number of nitrogens with zero attached hydrogens (tertiary/aromatic N) is 3. The lowest BCUT2D eigenvalue weighted by Gasteiger charge is -2.44. The van der Waals surface area contributed by atoms with Crippen LogP contribution in [0.25, 0.3) is 0 Å². The van der Waals surface area contributed by atoms with Gasteiger partial charge in [0.05, 0.1) is 20.6 Å². The van der Waals surface area contributed by atoms with Crippen LogP contribution >= 0.6 is 0 Å². The van der Waals surface area contributed by atoms with Gasteiger partial charge in [-0.1, -0.05) is 6.07 Å². The van der Waals surface area contributed by atoms with E-state index in [1.807, 2.05) is 23.1 Å². The molecule has 0 saturated carbocycles. The summed E-state index contributed by atoms with van der Waals surface area (Å²) in [4.78, 5) is 19.6. The first kappa shape index (κ1) is 21.5. The topological polar surface area (TPSA) is 45.2 Å². The van der Waals surface area contributed by atoms with E-state index in [1.165, 1.54) is 0 Å². The van der Waals surface area contributed by atoms with Crippen molar-refractivity contribution in [1.82, 2.24) is 14.7 Å². The third-order valence-electron chi connectivity index (χ3n) is 5.28. The number of methoxy groups -OCH3 is 2. The van der Waals surface area contributed by atoms with Gasteiger partial charge in [-0.05, 0) is 58.6 Å². The van der Waals surface area contributed by atoms with Gasteiger partial charge in [-0.3, -0.25) is 9.69 Å². The first-order chi connectivity index (χ1) is 12.8. The van der Waals surface area contributed by atoms with E-state index in [1.54, 1.807) is 14.2 Å². The highest BCUT2D eigenvalue weighted by Gasteiger charge is 2.31.